The molecule has 3 aromatic rings. The first kappa shape index (κ1) is 21.3. The summed E-state index contributed by atoms with van der Waals surface area (Å²) in [6.07, 6.45) is 0. The van der Waals surface area contributed by atoms with Crippen LogP contribution in [0.25, 0.3) is 10.9 Å². The number of hydrogen-bond acceptors (Lipinski definition) is 4. The Morgan fingerprint density at radius 1 is 1.21 bits per heavy atom. The summed E-state index contributed by atoms with van der Waals surface area (Å²) in [6.45, 7) is 4.37. The Morgan fingerprint density at radius 2 is 1.97 bits per heavy atom. The van der Waals surface area contributed by atoms with E-state index in [9.17, 15) is 18.4 Å². The van der Waals surface area contributed by atoms with Crippen molar-refractivity contribution in [3.8, 4) is 0 Å². The lowest BCUT2D eigenvalue weighted by Crippen LogP contribution is -2.26. The van der Waals surface area contributed by atoms with E-state index in [1.54, 1.807) is 18.2 Å². The monoisotopic (exact) mass is 437 g/mol. The lowest BCUT2D eigenvalue weighted by atomic mass is 10.2. The van der Waals surface area contributed by atoms with Crippen molar-refractivity contribution in [2.45, 2.75) is 25.5 Å². The van der Waals surface area contributed by atoms with E-state index in [2.05, 4.69) is 10.3 Å². The number of fused-ring (bicyclic) bond motifs is 1. The molecule has 1 aromatic heterocycles. The third-order valence-corrected chi connectivity index (χ3v) is 5.18. The molecule has 0 aliphatic rings. The molecule has 9 heteroatoms. The van der Waals surface area contributed by atoms with Crippen molar-refractivity contribution in [2.75, 3.05) is 11.1 Å². The minimum Gasteiger partial charge on any atom is -0.325 e. The molecule has 0 saturated heterocycles. The number of halogens is 3. The van der Waals surface area contributed by atoms with Gasteiger partial charge in [-0.05, 0) is 36.2 Å². The van der Waals surface area contributed by atoms with Crippen LogP contribution in [0.1, 0.15) is 13.8 Å². The molecule has 0 spiro atoms. The molecule has 152 valence electrons. The molecule has 0 aliphatic heterocycles. The van der Waals surface area contributed by atoms with Gasteiger partial charge in [0.05, 0.1) is 16.7 Å². The van der Waals surface area contributed by atoms with Gasteiger partial charge in [0.2, 0.25) is 5.91 Å². The van der Waals surface area contributed by atoms with Gasteiger partial charge in [-0.3, -0.25) is 14.2 Å². The number of rotatable bonds is 6. The molecule has 0 fully saturated rings. The van der Waals surface area contributed by atoms with Crippen LogP contribution in [0.5, 0.6) is 0 Å². The van der Waals surface area contributed by atoms with Gasteiger partial charge < -0.3 is 5.32 Å². The maximum absolute atomic E-state index is 13.3. The highest BCUT2D eigenvalue weighted by Gasteiger charge is 2.15. The fraction of sp³-hybridized carbons (Fsp3) is 0.250. The number of anilines is 1. The van der Waals surface area contributed by atoms with E-state index in [1.165, 1.54) is 10.6 Å². The predicted molar refractivity (Wildman–Crippen MR) is 112 cm³/mol. The highest BCUT2D eigenvalue weighted by atomic mass is 35.5. The van der Waals surface area contributed by atoms with E-state index >= 15 is 0 Å². The summed E-state index contributed by atoms with van der Waals surface area (Å²) in [7, 11) is 0. The van der Waals surface area contributed by atoms with Crippen LogP contribution in [0.3, 0.4) is 0 Å². The Kier molecular flexibility index (Phi) is 6.54. The molecule has 1 heterocycles. The number of amides is 1. The second kappa shape index (κ2) is 8.92. The summed E-state index contributed by atoms with van der Waals surface area (Å²) in [5.41, 5.74) is 0.410. The Labute approximate surface area is 175 Å². The van der Waals surface area contributed by atoms with Crippen LogP contribution in [-0.2, 0) is 11.3 Å². The summed E-state index contributed by atoms with van der Waals surface area (Å²) in [5, 5.41) is 3.76. The lowest BCUT2D eigenvalue weighted by molar-refractivity contribution is -0.113. The molecule has 0 saturated carbocycles. The van der Waals surface area contributed by atoms with Crippen molar-refractivity contribution in [3.63, 3.8) is 0 Å². The number of aromatic nitrogens is 2. The zero-order valence-electron chi connectivity index (χ0n) is 15.7. The Bertz CT molecular complexity index is 1130. The fourth-order valence-electron chi connectivity index (χ4n) is 2.71. The summed E-state index contributed by atoms with van der Waals surface area (Å²) >= 11 is 7.10. The number of hydrogen-bond donors (Lipinski definition) is 1. The van der Waals surface area contributed by atoms with Gasteiger partial charge in [-0.1, -0.05) is 37.2 Å². The number of nitrogens with zero attached hydrogens (tertiary/aromatic N) is 2. The standard InChI is InChI=1S/C20H18ClF2N3O2S/c1-11(2)9-26-19(28)14-7-12(21)3-6-17(14)25-20(26)29-10-18(27)24-13-4-5-15(22)16(23)8-13/h3-8,11H,9-10H2,1-2H3,(H,24,27). The highest BCUT2D eigenvalue weighted by Crippen LogP contribution is 2.22. The quantitative estimate of drug-likeness (QED) is 0.448. The van der Waals surface area contributed by atoms with Crippen molar-refractivity contribution in [3.05, 3.63) is 63.4 Å². The molecule has 2 aromatic carbocycles. The number of carbonyl (C=O) groups excluding carboxylic acids is 1. The number of thioether (sulfide) groups is 1. The highest BCUT2D eigenvalue weighted by molar-refractivity contribution is 7.99. The van der Waals surface area contributed by atoms with E-state index in [4.69, 9.17) is 11.6 Å². The van der Waals surface area contributed by atoms with E-state index < -0.39 is 17.5 Å². The average Bonchev–Trinajstić information content (AvgIpc) is 2.66. The summed E-state index contributed by atoms with van der Waals surface area (Å²) in [6, 6.07) is 8.00. The van der Waals surface area contributed by atoms with Gasteiger partial charge in [0.1, 0.15) is 0 Å². The largest absolute Gasteiger partial charge is 0.325 e. The predicted octanol–water partition coefficient (Wildman–Crippen LogP) is 4.71. The lowest BCUT2D eigenvalue weighted by Gasteiger charge is -2.15. The summed E-state index contributed by atoms with van der Waals surface area (Å²) in [4.78, 5) is 29.7. The van der Waals surface area contributed by atoms with Crippen molar-refractivity contribution >= 4 is 45.9 Å². The van der Waals surface area contributed by atoms with E-state index in [-0.39, 0.29) is 22.9 Å². The van der Waals surface area contributed by atoms with Crippen LogP contribution in [-0.4, -0.2) is 21.2 Å². The molecular formula is C20H18ClF2N3O2S. The van der Waals surface area contributed by atoms with Crippen molar-refractivity contribution < 1.29 is 13.6 Å². The van der Waals surface area contributed by atoms with Gasteiger partial charge in [-0.2, -0.15) is 0 Å². The number of nitrogens with one attached hydrogen (secondary N) is 1. The molecular weight excluding hydrogens is 420 g/mol. The van der Waals surface area contributed by atoms with E-state index in [1.807, 2.05) is 13.8 Å². The number of benzene rings is 2. The third-order valence-electron chi connectivity index (χ3n) is 3.96. The zero-order chi connectivity index (χ0) is 21.1. The molecule has 0 aliphatic carbocycles. The molecule has 5 nitrogen and oxygen atoms in total. The van der Waals surface area contributed by atoms with Crippen LogP contribution in [0.4, 0.5) is 14.5 Å². The first-order valence-electron chi connectivity index (χ1n) is 8.82. The molecule has 3 rings (SSSR count). The maximum atomic E-state index is 13.3. The van der Waals surface area contributed by atoms with Crippen molar-refractivity contribution in [1.82, 2.24) is 9.55 Å². The molecule has 1 N–H and O–H groups in total. The average molecular weight is 438 g/mol. The number of carbonyl (C=O) groups is 1. The van der Waals surface area contributed by atoms with Crippen LogP contribution >= 0.6 is 23.4 Å². The van der Waals surface area contributed by atoms with E-state index in [0.717, 1.165) is 23.9 Å². The maximum Gasteiger partial charge on any atom is 0.262 e. The second-order valence-corrected chi connectivity index (χ2v) is 8.21. The Hall–Kier alpha value is -2.45. The molecule has 0 radical (unpaired) electrons. The Morgan fingerprint density at radius 3 is 2.66 bits per heavy atom. The normalized spacial score (nSPS) is 11.2. The zero-order valence-corrected chi connectivity index (χ0v) is 17.3. The molecule has 1 amide bonds. The minimum atomic E-state index is -1.05. The second-order valence-electron chi connectivity index (χ2n) is 6.83. The van der Waals surface area contributed by atoms with Gasteiger partial charge in [0.15, 0.2) is 16.8 Å². The van der Waals surface area contributed by atoms with Gasteiger partial charge in [-0.15, -0.1) is 0 Å². The third kappa shape index (κ3) is 5.13. The first-order valence-corrected chi connectivity index (χ1v) is 10.2. The van der Waals surface area contributed by atoms with Crippen LogP contribution in [0.2, 0.25) is 5.02 Å². The topological polar surface area (TPSA) is 64.0 Å². The fourth-order valence-corrected chi connectivity index (χ4v) is 3.69. The van der Waals surface area contributed by atoms with Gasteiger partial charge in [0, 0.05) is 23.3 Å². The van der Waals surface area contributed by atoms with Gasteiger partial charge in [0.25, 0.3) is 5.56 Å². The Balaban J connectivity index is 1.84. The van der Waals surface area contributed by atoms with E-state index in [0.29, 0.717) is 27.6 Å². The van der Waals surface area contributed by atoms with Crippen LogP contribution in [0.15, 0.2) is 46.3 Å². The molecule has 0 unspecified atom stereocenters. The molecule has 29 heavy (non-hydrogen) atoms. The van der Waals surface area contributed by atoms with Crippen molar-refractivity contribution in [2.24, 2.45) is 5.92 Å². The molecule has 0 atom stereocenters. The van der Waals surface area contributed by atoms with Crippen LogP contribution in [0, 0.1) is 17.6 Å². The van der Waals surface area contributed by atoms with Gasteiger partial charge >= 0.3 is 0 Å². The SMILES string of the molecule is CC(C)Cn1c(SCC(=O)Nc2ccc(F)c(F)c2)nc2ccc(Cl)cc2c1=O. The van der Waals surface area contributed by atoms with Crippen molar-refractivity contribution in [1.29, 1.82) is 0 Å². The minimum absolute atomic E-state index is 0.0529. The molecule has 0 bridgehead atoms. The first-order chi connectivity index (χ1) is 13.7. The van der Waals surface area contributed by atoms with Gasteiger partial charge in [-0.25, -0.2) is 13.8 Å². The summed E-state index contributed by atoms with van der Waals surface area (Å²) < 4.78 is 27.8. The van der Waals surface area contributed by atoms with Crippen LogP contribution < -0.4 is 10.9 Å². The summed E-state index contributed by atoms with van der Waals surface area (Å²) in [5.74, 6) is -2.33. The smallest absolute Gasteiger partial charge is 0.262 e.